The first-order chi connectivity index (χ1) is 31.6. The van der Waals surface area contributed by atoms with Gasteiger partial charge in [0.15, 0.2) is 18.2 Å². The van der Waals surface area contributed by atoms with E-state index in [0.717, 1.165) is 4.90 Å². The number of hydrogen-bond donors (Lipinski definition) is 3. The number of ether oxygens (including phenoxy) is 2. The van der Waals surface area contributed by atoms with Gasteiger partial charge in [0, 0.05) is 56.1 Å². The zero-order chi connectivity index (χ0) is 46.6. The number of anilines is 3. The molecule has 3 saturated heterocycles. The van der Waals surface area contributed by atoms with Crippen LogP contribution in [0.25, 0.3) is 10.9 Å². The highest BCUT2D eigenvalue weighted by Crippen LogP contribution is 2.48. The quantitative estimate of drug-likeness (QED) is 0.155. The highest BCUT2D eigenvalue weighted by atomic mass is 35.5. The number of pyridine rings is 1. The van der Waals surface area contributed by atoms with Crippen molar-refractivity contribution >= 4 is 69.5 Å². The molecule has 4 fully saturated rings. The molecule has 1 saturated carbocycles. The maximum absolute atomic E-state index is 15.9. The van der Waals surface area contributed by atoms with Crippen molar-refractivity contribution in [1.82, 2.24) is 35.0 Å². The lowest BCUT2D eigenvalue weighted by molar-refractivity contribution is -0.161. The van der Waals surface area contributed by atoms with Gasteiger partial charge in [-0.1, -0.05) is 17.7 Å². The SMILES string of the molecule is CNC(=O)COc1cc2cc(Nc3nc(N4CCC(OC5CC(N6CCCC(F)(F)[C@H]6c6ccc7c(c6)C(=O)N([C@@H]6CCC(=O)NC6=O)C7=O)C5)CC4)ncc3Cl)ccc2n(C(C)C)c1=O. The maximum Gasteiger partial charge on any atom is 0.293 e. The van der Waals surface area contributed by atoms with Crippen LogP contribution in [0.2, 0.25) is 5.02 Å². The predicted octanol–water partition coefficient (Wildman–Crippen LogP) is 5.28. The molecule has 5 amide bonds. The minimum atomic E-state index is -3.09. The highest BCUT2D eigenvalue weighted by molar-refractivity contribution is 6.33. The number of nitrogens with zero attached hydrogens (tertiary/aromatic N) is 6. The number of carbonyl (C=O) groups excluding carboxylic acids is 5. The molecule has 9 rings (SSSR count). The van der Waals surface area contributed by atoms with E-state index in [0.29, 0.717) is 85.1 Å². The number of nitrogens with one attached hydrogen (secondary N) is 3. The Morgan fingerprint density at radius 2 is 1.73 bits per heavy atom. The molecule has 0 unspecified atom stereocenters. The molecule has 0 radical (unpaired) electrons. The van der Waals surface area contributed by atoms with E-state index >= 15 is 8.78 Å². The number of rotatable bonds is 12. The smallest absolute Gasteiger partial charge is 0.293 e. The zero-order valence-electron chi connectivity index (χ0n) is 36.7. The van der Waals surface area contributed by atoms with Gasteiger partial charge in [-0.05, 0) is 101 Å². The second-order valence-corrected chi connectivity index (χ2v) is 18.2. The second kappa shape index (κ2) is 18.0. The Bertz CT molecular complexity index is 2690. The van der Waals surface area contributed by atoms with Crippen molar-refractivity contribution in [3.63, 3.8) is 0 Å². The van der Waals surface area contributed by atoms with Gasteiger partial charge in [-0.15, -0.1) is 0 Å². The Balaban J connectivity index is 0.815. The summed E-state index contributed by atoms with van der Waals surface area (Å²) in [5, 5.41) is 8.96. The Kier molecular flexibility index (Phi) is 12.3. The number of imide groups is 2. The van der Waals surface area contributed by atoms with Gasteiger partial charge in [-0.2, -0.15) is 4.98 Å². The molecule has 0 spiro atoms. The van der Waals surface area contributed by atoms with Gasteiger partial charge in [-0.3, -0.25) is 43.9 Å². The highest BCUT2D eigenvalue weighted by Gasteiger charge is 2.52. The van der Waals surface area contributed by atoms with Gasteiger partial charge in [0.25, 0.3) is 29.2 Å². The molecule has 6 heterocycles. The van der Waals surface area contributed by atoms with Gasteiger partial charge in [-0.25, -0.2) is 13.8 Å². The van der Waals surface area contributed by atoms with Crippen LogP contribution in [-0.4, -0.2) is 117 Å². The van der Waals surface area contributed by atoms with Gasteiger partial charge >= 0.3 is 0 Å². The number of fused-ring (bicyclic) bond motifs is 2. The van der Waals surface area contributed by atoms with Crippen molar-refractivity contribution < 1.29 is 42.2 Å². The maximum atomic E-state index is 15.9. The minimum Gasteiger partial charge on any atom is -0.478 e. The summed E-state index contributed by atoms with van der Waals surface area (Å²) >= 11 is 6.58. The number of piperidine rings is 3. The van der Waals surface area contributed by atoms with E-state index in [-0.39, 0.29) is 84.1 Å². The summed E-state index contributed by atoms with van der Waals surface area (Å²) in [5.74, 6) is -5.15. The Labute approximate surface area is 383 Å². The summed E-state index contributed by atoms with van der Waals surface area (Å²) in [5.41, 5.74) is 1.27. The average Bonchev–Trinajstić information content (AvgIpc) is 3.51. The number of aromatic nitrogens is 3. The lowest BCUT2D eigenvalue weighted by Crippen LogP contribution is -2.56. The van der Waals surface area contributed by atoms with Crippen LogP contribution < -0.4 is 31.1 Å². The third-order valence-electron chi connectivity index (χ3n) is 13.2. The molecule has 4 aromatic rings. The normalized spacial score (nSPS) is 23.5. The zero-order valence-corrected chi connectivity index (χ0v) is 37.4. The molecular formula is C46H50ClF2N9O8. The van der Waals surface area contributed by atoms with E-state index in [9.17, 15) is 28.8 Å². The fraction of sp³-hybridized carbons (Fsp3) is 0.478. The molecule has 2 atom stereocenters. The van der Waals surface area contributed by atoms with Crippen molar-refractivity contribution in [1.29, 1.82) is 0 Å². The number of benzene rings is 2. The minimum absolute atomic E-state index is 0.000200. The van der Waals surface area contributed by atoms with Gasteiger partial charge in [0.2, 0.25) is 17.8 Å². The van der Waals surface area contributed by atoms with E-state index < -0.39 is 41.6 Å². The van der Waals surface area contributed by atoms with Crippen molar-refractivity contribution in [2.75, 3.05) is 43.5 Å². The van der Waals surface area contributed by atoms with Crippen molar-refractivity contribution in [3.05, 3.63) is 80.7 Å². The molecule has 5 aliphatic rings. The third kappa shape index (κ3) is 8.59. The predicted molar refractivity (Wildman–Crippen MR) is 238 cm³/mol. The lowest BCUT2D eigenvalue weighted by atomic mass is 9.81. The van der Waals surface area contributed by atoms with E-state index in [1.165, 1.54) is 25.2 Å². The van der Waals surface area contributed by atoms with Gasteiger partial charge in [0.1, 0.15) is 11.1 Å². The fourth-order valence-electron chi connectivity index (χ4n) is 9.84. The van der Waals surface area contributed by atoms with Crippen LogP contribution in [0, 0.1) is 0 Å². The summed E-state index contributed by atoms with van der Waals surface area (Å²) < 4.78 is 45.6. The number of amides is 5. The standard InChI is InChI=1S/C46H50ClF2N9O8/c1-24(2)57-34-8-6-27(17-26(34)19-36(44(57)64)65-23-38(60)50-3)52-40-33(47)22-51-45(54-40)55-15-11-29(12-16-55)66-30-20-28(21-30)56-14-4-13-46(48,49)39(56)25-5-7-31-32(18-25)43(63)58(42(31)62)35-9-10-37(59)53-41(35)61/h5-8,17-19,22,24,28-30,35,39H,4,9-16,20-21,23H2,1-3H3,(H,50,60)(H,51,52,54)(H,53,59,61)/t28?,30?,35-,39-/m1/s1. The molecule has 0 bridgehead atoms. The van der Waals surface area contributed by atoms with Crippen LogP contribution in [0.4, 0.5) is 26.2 Å². The monoisotopic (exact) mass is 929 g/mol. The Morgan fingerprint density at radius 1 is 0.970 bits per heavy atom. The van der Waals surface area contributed by atoms with E-state index in [1.54, 1.807) is 16.8 Å². The van der Waals surface area contributed by atoms with Crippen LogP contribution in [0.15, 0.2) is 53.5 Å². The summed E-state index contributed by atoms with van der Waals surface area (Å²) in [4.78, 5) is 90.2. The van der Waals surface area contributed by atoms with Crippen LogP contribution >= 0.6 is 11.6 Å². The van der Waals surface area contributed by atoms with Crippen molar-refractivity contribution in [2.24, 2.45) is 0 Å². The van der Waals surface area contributed by atoms with E-state index in [1.807, 2.05) is 36.9 Å². The molecule has 66 heavy (non-hydrogen) atoms. The van der Waals surface area contributed by atoms with Crippen LogP contribution in [-0.2, 0) is 19.1 Å². The molecule has 20 heteroatoms. The molecule has 348 valence electrons. The van der Waals surface area contributed by atoms with E-state index in [4.69, 9.17) is 26.1 Å². The topological polar surface area (TPSA) is 197 Å². The first-order valence-corrected chi connectivity index (χ1v) is 22.7. The summed E-state index contributed by atoms with van der Waals surface area (Å²) in [6, 6.07) is 8.57. The average molecular weight is 930 g/mol. The van der Waals surface area contributed by atoms with Crippen LogP contribution in [0.5, 0.6) is 5.75 Å². The molecule has 2 aromatic heterocycles. The molecule has 4 aliphatic heterocycles. The third-order valence-corrected chi connectivity index (χ3v) is 13.5. The molecule has 17 nitrogen and oxygen atoms in total. The summed E-state index contributed by atoms with van der Waals surface area (Å²) in [7, 11) is 1.49. The molecule has 1 aliphatic carbocycles. The largest absolute Gasteiger partial charge is 0.478 e. The van der Waals surface area contributed by atoms with Crippen LogP contribution in [0.3, 0.4) is 0 Å². The molecule has 3 N–H and O–H groups in total. The summed E-state index contributed by atoms with van der Waals surface area (Å²) in [6.45, 7) is 5.16. The fourth-order valence-corrected chi connectivity index (χ4v) is 9.98. The van der Waals surface area contributed by atoms with Crippen molar-refractivity contribution in [2.45, 2.75) is 108 Å². The molecular weight excluding hydrogens is 880 g/mol. The van der Waals surface area contributed by atoms with Gasteiger partial charge < -0.3 is 29.6 Å². The Morgan fingerprint density at radius 3 is 2.45 bits per heavy atom. The number of hydrogen-bond acceptors (Lipinski definition) is 13. The van der Waals surface area contributed by atoms with Crippen LogP contribution in [0.1, 0.15) is 104 Å². The first-order valence-electron chi connectivity index (χ1n) is 22.3. The number of likely N-dealkylation sites (tertiary alicyclic amines) is 1. The number of likely N-dealkylation sites (N-methyl/N-ethyl adjacent to an activating group) is 1. The number of alkyl halides is 2. The van der Waals surface area contributed by atoms with E-state index in [2.05, 4.69) is 25.8 Å². The number of carbonyl (C=O) groups is 5. The van der Waals surface area contributed by atoms with Gasteiger partial charge in [0.05, 0.1) is 41.1 Å². The second-order valence-electron chi connectivity index (χ2n) is 17.8. The number of halogens is 3. The Hall–Kier alpha value is -6.05. The van der Waals surface area contributed by atoms with Crippen molar-refractivity contribution in [3.8, 4) is 5.75 Å². The molecule has 2 aromatic carbocycles. The first kappa shape index (κ1) is 45.1. The lowest BCUT2D eigenvalue weighted by Gasteiger charge is -2.51. The summed E-state index contributed by atoms with van der Waals surface area (Å²) in [6.07, 6.45) is 3.90.